The fraction of sp³-hybridized carbons (Fsp3) is 0.294. The molecule has 2 heterocycles. The van der Waals surface area contributed by atoms with Gasteiger partial charge in [-0.3, -0.25) is 4.90 Å². The Labute approximate surface area is 144 Å². The standard InChI is InChI=1S/C17H19N3O3S/c1-20(8-9-22-15-5-3-14(21-2)4-6-15)11-16-18-17(19-23-16)13-7-10-24-12-13/h3-7,10,12H,8-9,11H2,1-2H3. The molecule has 2 aromatic heterocycles. The molecule has 0 aliphatic heterocycles. The molecule has 0 spiro atoms. The lowest BCUT2D eigenvalue weighted by molar-refractivity contribution is 0.212. The number of nitrogens with zero attached hydrogens (tertiary/aromatic N) is 3. The summed E-state index contributed by atoms with van der Waals surface area (Å²) in [6.45, 7) is 1.92. The Kier molecular flexibility index (Phi) is 5.45. The maximum atomic E-state index is 5.72. The van der Waals surface area contributed by atoms with Crippen LogP contribution in [0.3, 0.4) is 0 Å². The second kappa shape index (κ2) is 7.94. The second-order valence-corrected chi connectivity index (χ2v) is 6.07. The van der Waals surface area contributed by atoms with E-state index in [0.717, 1.165) is 23.6 Å². The van der Waals surface area contributed by atoms with Crippen molar-refractivity contribution in [2.75, 3.05) is 27.3 Å². The van der Waals surface area contributed by atoms with E-state index in [1.54, 1.807) is 18.4 Å². The number of rotatable bonds is 8. The van der Waals surface area contributed by atoms with Gasteiger partial charge in [0.15, 0.2) is 0 Å². The smallest absolute Gasteiger partial charge is 0.241 e. The number of methoxy groups -OCH3 is 1. The highest BCUT2D eigenvalue weighted by atomic mass is 32.1. The number of likely N-dealkylation sites (N-methyl/N-ethyl adjacent to an activating group) is 1. The van der Waals surface area contributed by atoms with Gasteiger partial charge in [0.1, 0.15) is 18.1 Å². The average Bonchev–Trinajstić information content (AvgIpc) is 3.27. The zero-order valence-electron chi connectivity index (χ0n) is 13.6. The first-order valence-electron chi connectivity index (χ1n) is 7.55. The van der Waals surface area contributed by atoms with Gasteiger partial charge >= 0.3 is 0 Å². The van der Waals surface area contributed by atoms with Crippen molar-refractivity contribution < 1.29 is 14.0 Å². The predicted octanol–water partition coefficient (Wildman–Crippen LogP) is 3.32. The topological polar surface area (TPSA) is 60.6 Å². The molecule has 0 radical (unpaired) electrons. The lowest BCUT2D eigenvalue weighted by Gasteiger charge is -2.14. The molecule has 1 aromatic carbocycles. The minimum atomic E-state index is 0.578. The highest BCUT2D eigenvalue weighted by molar-refractivity contribution is 7.08. The molecule has 0 bridgehead atoms. The van der Waals surface area contributed by atoms with E-state index in [-0.39, 0.29) is 0 Å². The molecule has 0 amide bonds. The SMILES string of the molecule is COc1ccc(OCCN(C)Cc2nc(-c3ccsc3)no2)cc1. The van der Waals surface area contributed by atoms with Gasteiger partial charge in [0.05, 0.1) is 13.7 Å². The molecule has 0 fully saturated rings. The third-order valence-corrected chi connectivity index (χ3v) is 4.14. The van der Waals surface area contributed by atoms with Crippen LogP contribution in [-0.2, 0) is 6.54 Å². The molecule has 6 nitrogen and oxygen atoms in total. The molecule has 0 N–H and O–H groups in total. The summed E-state index contributed by atoms with van der Waals surface area (Å²) in [6, 6.07) is 9.52. The molecule has 0 unspecified atom stereocenters. The number of thiophene rings is 1. The highest BCUT2D eigenvalue weighted by Crippen LogP contribution is 2.19. The highest BCUT2D eigenvalue weighted by Gasteiger charge is 2.11. The van der Waals surface area contributed by atoms with Gasteiger partial charge in [-0.25, -0.2) is 0 Å². The Morgan fingerprint density at radius 1 is 1.17 bits per heavy atom. The Balaban J connectivity index is 1.44. The average molecular weight is 345 g/mol. The molecule has 0 aliphatic rings. The minimum Gasteiger partial charge on any atom is -0.497 e. The fourth-order valence-electron chi connectivity index (χ4n) is 2.13. The maximum absolute atomic E-state index is 5.72. The van der Waals surface area contributed by atoms with Gasteiger partial charge in [0, 0.05) is 17.5 Å². The van der Waals surface area contributed by atoms with Crippen LogP contribution in [0.15, 0.2) is 45.6 Å². The number of aromatic nitrogens is 2. The maximum Gasteiger partial charge on any atom is 0.241 e. The van der Waals surface area contributed by atoms with E-state index < -0.39 is 0 Å². The van der Waals surface area contributed by atoms with Crippen molar-refractivity contribution >= 4 is 11.3 Å². The Hall–Kier alpha value is -2.38. The summed E-state index contributed by atoms with van der Waals surface area (Å²) in [7, 11) is 3.64. The second-order valence-electron chi connectivity index (χ2n) is 5.29. The summed E-state index contributed by atoms with van der Waals surface area (Å²) >= 11 is 1.61. The van der Waals surface area contributed by atoms with Crippen LogP contribution < -0.4 is 9.47 Å². The molecule has 0 saturated carbocycles. The van der Waals surface area contributed by atoms with E-state index in [4.69, 9.17) is 14.0 Å². The lowest BCUT2D eigenvalue weighted by Crippen LogP contribution is -2.24. The molecule has 0 atom stereocenters. The van der Waals surface area contributed by atoms with Crippen LogP contribution in [-0.4, -0.2) is 42.3 Å². The predicted molar refractivity (Wildman–Crippen MR) is 92.4 cm³/mol. The van der Waals surface area contributed by atoms with E-state index in [0.29, 0.717) is 24.9 Å². The van der Waals surface area contributed by atoms with Crippen molar-refractivity contribution in [2.24, 2.45) is 0 Å². The first-order chi connectivity index (χ1) is 11.7. The molecule has 0 saturated heterocycles. The van der Waals surface area contributed by atoms with Crippen LogP contribution in [0.4, 0.5) is 0 Å². The van der Waals surface area contributed by atoms with E-state index in [2.05, 4.69) is 15.0 Å². The summed E-state index contributed by atoms with van der Waals surface area (Å²) in [6.07, 6.45) is 0. The summed E-state index contributed by atoms with van der Waals surface area (Å²) in [5.41, 5.74) is 0.987. The van der Waals surface area contributed by atoms with E-state index >= 15 is 0 Å². The Bertz CT molecular complexity index is 741. The molecule has 126 valence electrons. The van der Waals surface area contributed by atoms with Crippen molar-refractivity contribution in [3.63, 3.8) is 0 Å². The van der Waals surface area contributed by atoms with Crippen molar-refractivity contribution in [1.29, 1.82) is 0 Å². The monoisotopic (exact) mass is 345 g/mol. The van der Waals surface area contributed by atoms with Crippen LogP contribution in [0.2, 0.25) is 0 Å². The van der Waals surface area contributed by atoms with Gasteiger partial charge in [-0.1, -0.05) is 5.16 Å². The van der Waals surface area contributed by atoms with Gasteiger partial charge < -0.3 is 14.0 Å². The summed E-state index contributed by atoms with van der Waals surface area (Å²) in [4.78, 5) is 6.49. The Morgan fingerprint density at radius 3 is 2.67 bits per heavy atom. The molecule has 0 aliphatic carbocycles. The first kappa shape index (κ1) is 16.5. The quantitative estimate of drug-likeness (QED) is 0.624. The summed E-state index contributed by atoms with van der Waals surface area (Å²) in [5.74, 6) is 2.87. The molecule has 7 heteroatoms. The first-order valence-corrected chi connectivity index (χ1v) is 8.49. The van der Waals surface area contributed by atoms with Gasteiger partial charge in [0.25, 0.3) is 0 Å². The van der Waals surface area contributed by atoms with Gasteiger partial charge in [-0.2, -0.15) is 16.3 Å². The molecular formula is C17H19N3O3S. The summed E-state index contributed by atoms with van der Waals surface area (Å²) in [5, 5.41) is 8.00. The van der Waals surface area contributed by atoms with Crippen LogP contribution in [0, 0.1) is 0 Å². The number of ether oxygens (including phenoxy) is 2. The Morgan fingerprint density at radius 2 is 1.96 bits per heavy atom. The third-order valence-electron chi connectivity index (χ3n) is 3.45. The zero-order chi connectivity index (χ0) is 16.8. The van der Waals surface area contributed by atoms with Gasteiger partial charge in [-0.15, -0.1) is 0 Å². The van der Waals surface area contributed by atoms with Crippen LogP contribution in [0.1, 0.15) is 5.89 Å². The molecule has 3 rings (SSSR count). The van der Waals surface area contributed by atoms with Crippen molar-refractivity contribution in [2.45, 2.75) is 6.54 Å². The minimum absolute atomic E-state index is 0.578. The summed E-state index contributed by atoms with van der Waals surface area (Å²) < 4.78 is 16.1. The van der Waals surface area contributed by atoms with Gasteiger partial charge in [-0.05, 0) is 42.8 Å². The number of hydrogen-bond donors (Lipinski definition) is 0. The zero-order valence-corrected chi connectivity index (χ0v) is 14.5. The van der Waals surface area contributed by atoms with Gasteiger partial charge in [0.2, 0.25) is 11.7 Å². The van der Waals surface area contributed by atoms with Crippen molar-refractivity contribution in [1.82, 2.24) is 15.0 Å². The largest absolute Gasteiger partial charge is 0.497 e. The molecule has 3 aromatic rings. The lowest BCUT2D eigenvalue weighted by atomic mass is 10.3. The van der Waals surface area contributed by atoms with Crippen LogP contribution in [0.5, 0.6) is 11.5 Å². The van der Waals surface area contributed by atoms with Crippen LogP contribution in [0.25, 0.3) is 11.4 Å². The number of benzene rings is 1. The van der Waals surface area contributed by atoms with E-state index in [9.17, 15) is 0 Å². The van der Waals surface area contributed by atoms with E-state index in [1.807, 2.05) is 48.1 Å². The van der Waals surface area contributed by atoms with Crippen molar-refractivity contribution in [3.05, 3.63) is 47.0 Å². The fourth-order valence-corrected chi connectivity index (χ4v) is 2.76. The van der Waals surface area contributed by atoms with E-state index in [1.165, 1.54) is 0 Å². The molecule has 24 heavy (non-hydrogen) atoms. The number of hydrogen-bond acceptors (Lipinski definition) is 7. The normalized spacial score (nSPS) is 11.0. The van der Waals surface area contributed by atoms with Crippen LogP contribution >= 0.6 is 11.3 Å². The van der Waals surface area contributed by atoms with Crippen molar-refractivity contribution in [3.8, 4) is 22.9 Å². The molecular weight excluding hydrogens is 326 g/mol. The third kappa shape index (κ3) is 4.33.